The van der Waals surface area contributed by atoms with E-state index in [2.05, 4.69) is 15.0 Å². The Balaban J connectivity index is 1.53. The number of nitrogens with zero attached hydrogens (tertiary/aromatic N) is 5. The third kappa shape index (κ3) is 5.62. The monoisotopic (exact) mass is 572 g/mol. The molecule has 0 saturated carbocycles. The maximum atomic E-state index is 13.8. The lowest BCUT2D eigenvalue weighted by Gasteiger charge is -2.25. The van der Waals surface area contributed by atoms with Gasteiger partial charge in [0, 0.05) is 37.0 Å². The molecule has 4 heterocycles. The van der Waals surface area contributed by atoms with Crippen LogP contribution >= 0.6 is 11.6 Å². The van der Waals surface area contributed by atoms with E-state index in [0.29, 0.717) is 21.9 Å². The number of aromatic nitrogens is 3. The molecule has 5 rings (SSSR count). The molecule has 0 radical (unpaired) electrons. The van der Waals surface area contributed by atoms with Gasteiger partial charge in [-0.15, -0.1) is 0 Å². The summed E-state index contributed by atoms with van der Waals surface area (Å²) in [5.41, 5.74) is 7.26. The minimum atomic E-state index is -3.80. The summed E-state index contributed by atoms with van der Waals surface area (Å²) < 4.78 is 52.4. The van der Waals surface area contributed by atoms with Gasteiger partial charge in [-0.05, 0) is 42.0 Å². The first-order valence-electron chi connectivity index (χ1n) is 11.8. The van der Waals surface area contributed by atoms with E-state index in [1.807, 2.05) is 0 Å². The minimum absolute atomic E-state index is 0.0344. The fourth-order valence-corrected chi connectivity index (χ4v) is 5.38. The average molecular weight is 573 g/mol. The maximum Gasteiger partial charge on any atom is 0.266 e. The molecule has 1 aliphatic heterocycles. The molecule has 9 nitrogen and oxygen atoms in total. The van der Waals surface area contributed by atoms with Gasteiger partial charge in [-0.25, -0.2) is 32.2 Å². The van der Waals surface area contributed by atoms with E-state index in [1.165, 1.54) is 46.5 Å². The summed E-state index contributed by atoms with van der Waals surface area (Å²) in [6.45, 7) is -0.329. The normalized spacial score (nSPS) is 15.0. The van der Waals surface area contributed by atoms with E-state index in [-0.39, 0.29) is 41.6 Å². The zero-order chi connectivity index (χ0) is 27.9. The summed E-state index contributed by atoms with van der Waals surface area (Å²) in [5, 5.41) is 0.785. The van der Waals surface area contributed by atoms with Gasteiger partial charge in [0.2, 0.25) is 0 Å². The number of benzene rings is 1. The number of halogens is 3. The van der Waals surface area contributed by atoms with Gasteiger partial charge in [0.05, 0.1) is 34.9 Å². The van der Waals surface area contributed by atoms with Crippen molar-refractivity contribution < 1.29 is 22.0 Å². The number of hydrogen-bond acceptors (Lipinski definition) is 8. The highest BCUT2D eigenvalue weighted by atomic mass is 35.5. The molecule has 13 heteroatoms. The van der Waals surface area contributed by atoms with Crippen LogP contribution in [0, 0.1) is 0 Å². The standard InChI is InChI=1S/C26H23ClF2N6O3S/c1-39(37,38)24-21(3-2-9-31-24)35(14-16-4-5-17-12-19(27)23(30)33-20(17)11-16)25(36)18-6-7-22(32-13-18)34-10-8-26(28,29)15-34/h2-7,9,11-13H,8,10,14-15H2,1H3,(H2,30,33). The van der Waals surface area contributed by atoms with E-state index < -0.39 is 28.2 Å². The molecule has 3 aromatic heterocycles. The molecule has 0 atom stereocenters. The molecule has 1 aliphatic rings. The van der Waals surface area contributed by atoms with Crippen molar-refractivity contribution in [3.63, 3.8) is 0 Å². The Bertz CT molecular complexity index is 1690. The van der Waals surface area contributed by atoms with E-state index in [0.717, 1.165) is 11.6 Å². The van der Waals surface area contributed by atoms with Crippen molar-refractivity contribution in [1.82, 2.24) is 15.0 Å². The summed E-state index contributed by atoms with van der Waals surface area (Å²) in [7, 11) is -3.80. The fourth-order valence-electron chi connectivity index (χ4n) is 4.41. The molecule has 4 aromatic rings. The summed E-state index contributed by atoms with van der Waals surface area (Å²) in [6.07, 6.45) is 3.37. The first-order chi connectivity index (χ1) is 18.4. The summed E-state index contributed by atoms with van der Waals surface area (Å²) in [6, 6.07) is 13.0. The van der Waals surface area contributed by atoms with Crippen LogP contribution in [0.4, 0.5) is 26.1 Å². The Kier molecular flexibility index (Phi) is 6.85. The second-order valence-electron chi connectivity index (χ2n) is 9.31. The third-order valence-electron chi connectivity index (χ3n) is 6.33. The fraction of sp³-hybridized carbons (Fsp3) is 0.231. The van der Waals surface area contributed by atoms with E-state index >= 15 is 0 Å². The summed E-state index contributed by atoms with van der Waals surface area (Å²) in [5.74, 6) is -2.87. The zero-order valence-electron chi connectivity index (χ0n) is 20.7. The first-order valence-corrected chi connectivity index (χ1v) is 14.1. The molecule has 1 saturated heterocycles. The molecule has 202 valence electrons. The number of hydrogen-bond donors (Lipinski definition) is 1. The van der Waals surface area contributed by atoms with Crippen LogP contribution < -0.4 is 15.5 Å². The first kappa shape index (κ1) is 26.7. The van der Waals surface area contributed by atoms with Crippen LogP contribution in [0.2, 0.25) is 5.02 Å². The van der Waals surface area contributed by atoms with Crippen molar-refractivity contribution in [2.24, 2.45) is 0 Å². The van der Waals surface area contributed by atoms with Crippen LogP contribution in [0.1, 0.15) is 22.3 Å². The molecule has 0 aliphatic carbocycles. The Morgan fingerprint density at radius 1 is 1.18 bits per heavy atom. The molecule has 1 aromatic carbocycles. The molecule has 2 N–H and O–H groups in total. The second-order valence-corrected chi connectivity index (χ2v) is 11.6. The van der Waals surface area contributed by atoms with Gasteiger partial charge >= 0.3 is 0 Å². The van der Waals surface area contributed by atoms with Crippen molar-refractivity contribution in [2.45, 2.75) is 23.9 Å². The molecule has 1 amide bonds. The number of nitrogens with two attached hydrogens (primary N) is 1. The van der Waals surface area contributed by atoms with Gasteiger partial charge in [-0.2, -0.15) is 0 Å². The van der Waals surface area contributed by atoms with Gasteiger partial charge in [-0.3, -0.25) is 4.79 Å². The van der Waals surface area contributed by atoms with Gasteiger partial charge in [-0.1, -0.05) is 23.7 Å². The van der Waals surface area contributed by atoms with E-state index in [4.69, 9.17) is 17.3 Å². The van der Waals surface area contributed by atoms with Crippen molar-refractivity contribution >= 4 is 55.6 Å². The zero-order valence-corrected chi connectivity index (χ0v) is 22.3. The van der Waals surface area contributed by atoms with Crippen LogP contribution in [0.25, 0.3) is 10.9 Å². The van der Waals surface area contributed by atoms with Gasteiger partial charge < -0.3 is 15.5 Å². The Hall–Kier alpha value is -3.90. The number of carbonyl (C=O) groups excluding carboxylic acids is 1. The van der Waals surface area contributed by atoms with Crippen LogP contribution in [-0.4, -0.2) is 54.5 Å². The highest BCUT2D eigenvalue weighted by Gasteiger charge is 2.38. The lowest BCUT2D eigenvalue weighted by molar-refractivity contribution is 0.0256. The maximum absolute atomic E-state index is 13.8. The lowest BCUT2D eigenvalue weighted by atomic mass is 10.1. The summed E-state index contributed by atoms with van der Waals surface area (Å²) in [4.78, 5) is 29.1. The van der Waals surface area contributed by atoms with Crippen molar-refractivity contribution in [1.29, 1.82) is 0 Å². The van der Waals surface area contributed by atoms with Crippen molar-refractivity contribution in [3.05, 3.63) is 77.1 Å². The lowest BCUT2D eigenvalue weighted by Crippen LogP contribution is -2.32. The molecule has 0 spiro atoms. The van der Waals surface area contributed by atoms with Crippen molar-refractivity contribution in [2.75, 3.05) is 34.9 Å². The number of carbonyl (C=O) groups is 1. The SMILES string of the molecule is CS(=O)(=O)c1ncccc1N(Cc1ccc2cc(Cl)c(N)nc2c1)C(=O)c1ccc(N2CCC(F)(F)C2)nc1. The van der Waals surface area contributed by atoms with Gasteiger partial charge in [0.15, 0.2) is 14.9 Å². The molecule has 0 unspecified atom stereocenters. The smallest absolute Gasteiger partial charge is 0.266 e. The Morgan fingerprint density at radius 2 is 1.97 bits per heavy atom. The van der Waals surface area contributed by atoms with Gasteiger partial charge in [0.1, 0.15) is 11.6 Å². The molecule has 1 fully saturated rings. The number of rotatable bonds is 6. The number of sulfone groups is 1. The second kappa shape index (κ2) is 10.0. The number of amides is 1. The Labute approximate surface area is 228 Å². The predicted octanol–water partition coefficient (Wildman–Crippen LogP) is 4.36. The van der Waals surface area contributed by atoms with E-state index in [1.54, 1.807) is 24.3 Å². The Morgan fingerprint density at radius 3 is 2.64 bits per heavy atom. The topological polar surface area (TPSA) is 122 Å². The largest absolute Gasteiger partial charge is 0.382 e. The number of anilines is 3. The highest BCUT2D eigenvalue weighted by molar-refractivity contribution is 7.90. The number of fused-ring (bicyclic) bond motifs is 1. The third-order valence-corrected chi connectivity index (χ3v) is 7.65. The quantitative estimate of drug-likeness (QED) is 0.362. The van der Waals surface area contributed by atoms with Crippen LogP contribution in [0.3, 0.4) is 0 Å². The highest BCUT2D eigenvalue weighted by Crippen LogP contribution is 2.31. The molecular formula is C26H23ClF2N6O3S. The van der Waals surface area contributed by atoms with Crippen molar-refractivity contribution in [3.8, 4) is 0 Å². The predicted molar refractivity (Wildman–Crippen MR) is 145 cm³/mol. The van der Waals surface area contributed by atoms with Crippen LogP contribution in [0.5, 0.6) is 0 Å². The molecule has 0 bridgehead atoms. The van der Waals surface area contributed by atoms with E-state index in [9.17, 15) is 22.0 Å². The number of nitrogen functional groups attached to an aromatic ring is 1. The van der Waals surface area contributed by atoms with Gasteiger partial charge in [0.25, 0.3) is 11.8 Å². The van der Waals surface area contributed by atoms with Crippen LogP contribution in [-0.2, 0) is 16.4 Å². The summed E-state index contributed by atoms with van der Waals surface area (Å²) >= 11 is 6.08. The van der Waals surface area contributed by atoms with Crippen LogP contribution in [0.15, 0.2) is 66.0 Å². The molecular weight excluding hydrogens is 550 g/mol. The minimum Gasteiger partial charge on any atom is -0.382 e. The average Bonchev–Trinajstić information content (AvgIpc) is 3.27. The number of pyridine rings is 3. The number of alkyl halides is 2. The molecule has 39 heavy (non-hydrogen) atoms.